The van der Waals surface area contributed by atoms with Gasteiger partial charge in [0.25, 0.3) is 0 Å². The molecular weight excluding hydrogens is 675 g/mol. The van der Waals surface area contributed by atoms with Crippen LogP contribution in [0.4, 0.5) is 0 Å². The molecule has 0 spiro atoms. The number of ether oxygens (including phenoxy) is 3. The monoisotopic (exact) mass is 758 g/mol. The molecule has 7 heteroatoms. The molecule has 0 saturated heterocycles. The van der Waals surface area contributed by atoms with Crippen molar-refractivity contribution in [1.82, 2.24) is 4.90 Å². The van der Waals surface area contributed by atoms with Gasteiger partial charge in [0.15, 0.2) is 0 Å². The molecule has 0 radical (unpaired) electrons. The molecule has 0 heterocycles. The molecule has 3 saturated carbocycles. The van der Waals surface area contributed by atoms with Crippen LogP contribution in [0, 0.1) is 35.5 Å². The molecule has 7 nitrogen and oxygen atoms in total. The summed E-state index contributed by atoms with van der Waals surface area (Å²) in [4.78, 5) is 39.7. The Balaban J connectivity index is 1.23. The topological polar surface area (TPSA) is 82.1 Å². The summed E-state index contributed by atoms with van der Waals surface area (Å²) in [6, 6.07) is 0. The number of nitrogens with zero attached hydrogens (tertiary/aromatic N) is 1. The molecule has 0 aromatic rings. The maximum Gasteiger partial charge on any atom is 0.310 e. The molecule has 0 bridgehead atoms. The van der Waals surface area contributed by atoms with Crippen LogP contribution in [0.2, 0.25) is 0 Å². The zero-order valence-corrected chi connectivity index (χ0v) is 35.9. The molecule has 3 aliphatic carbocycles. The lowest BCUT2D eigenvalue weighted by atomic mass is 9.91. The molecular formula is C47H83NO6. The molecule has 0 aromatic carbocycles. The van der Waals surface area contributed by atoms with Gasteiger partial charge in [0.05, 0.1) is 6.61 Å². The van der Waals surface area contributed by atoms with Crippen molar-refractivity contribution in [2.75, 3.05) is 27.2 Å². The van der Waals surface area contributed by atoms with Gasteiger partial charge in [-0.05, 0) is 140 Å². The molecule has 0 amide bonds. The van der Waals surface area contributed by atoms with Crippen LogP contribution in [0.25, 0.3) is 0 Å². The third-order valence-corrected chi connectivity index (χ3v) is 12.9. The summed E-state index contributed by atoms with van der Waals surface area (Å²) in [6.45, 7) is 10.2. The molecule has 0 N–H and O–H groups in total. The van der Waals surface area contributed by atoms with Crippen molar-refractivity contribution in [2.24, 2.45) is 35.5 Å². The van der Waals surface area contributed by atoms with Crippen molar-refractivity contribution in [3.8, 4) is 0 Å². The predicted octanol–water partition coefficient (Wildman–Crippen LogP) is 12.2. The van der Waals surface area contributed by atoms with Crippen molar-refractivity contribution >= 4 is 17.9 Å². The fraction of sp³-hybridized carbons (Fsp3) is 0.894. The van der Waals surface area contributed by atoms with E-state index in [-0.39, 0.29) is 24.0 Å². The minimum absolute atomic E-state index is 0.0238. The van der Waals surface area contributed by atoms with Gasteiger partial charge in [-0.2, -0.15) is 0 Å². The third kappa shape index (κ3) is 18.8. The van der Waals surface area contributed by atoms with E-state index < -0.39 is 0 Å². The Hall–Kier alpha value is -1.89. The first kappa shape index (κ1) is 46.5. The highest BCUT2D eigenvalue weighted by molar-refractivity contribution is 5.70. The fourth-order valence-corrected chi connectivity index (χ4v) is 9.38. The van der Waals surface area contributed by atoms with Crippen LogP contribution in [0.15, 0.2) is 11.3 Å². The van der Waals surface area contributed by atoms with Crippen LogP contribution < -0.4 is 0 Å². The summed E-state index contributed by atoms with van der Waals surface area (Å²) < 4.78 is 17.4. The average Bonchev–Trinajstić information content (AvgIpc) is 4.07. The highest BCUT2D eigenvalue weighted by Crippen LogP contribution is 2.73. The second-order valence-electron chi connectivity index (χ2n) is 17.9. The molecule has 3 rings (SSSR count). The highest BCUT2D eigenvalue weighted by atomic mass is 16.5. The zero-order chi connectivity index (χ0) is 39.1. The van der Waals surface area contributed by atoms with Gasteiger partial charge in [0.1, 0.15) is 11.9 Å². The highest BCUT2D eigenvalue weighted by Gasteiger charge is 2.67. The van der Waals surface area contributed by atoms with Gasteiger partial charge in [0, 0.05) is 19.3 Å². The summed E-state index contributed by atoms with van der Waals surface area (Å²) in [5, 5.41) is 0. The van der Waals surface area contributed by atoms with Crippen molar-refractivity contribution < 1.29 is 28.6 Å². The SMILES string of the molecule is CCCCCC(CCCCC)CCOC(=O)CCCCCCCC(CCCCCCCC(=O)O/C(C)=C(\C)C1C2CC2C2CC21)OC(=O)CCCN(C)C. The number of carbonyl (C=O) groups excluding carboxylic acids is 3. The Labute approximate surface area is 331 Å². The van der Waals surface area contributed by atoms with E-state index in [9.17, 15) is 14.4 Å². The number of hydrogen-bond donors (Lipinski definition) is 0. The van der Waals surface area contributed by atoms with Crippen molar-refractivity contribution in [3.05, 3.63) is 11.3 Å². The van der Waals surface area contributed by atoms with Gasteiger partial charge >= 0.3 is 17.9 Å². The number of carbonyl (C=O) groups is 3. The Morgan fingerprint density at radius 1 is 0.574 bits per heavy atom. The second-order valence-corrected chi connectivity index (χ2v) is 17.9. The lowest BCUT2D eigenvalue weighted by Crippen LogP contribution is -2.20. The summed E-state index contributed by atoms with van der Waals surface area (Å²) in [6.07, 6.45) is 28.3. The normalized spacial score (nSPS) is 22.1. The van der Waals surface area contributed by atoms with Gasteiger partial charge in [-0.25, -0.2) is 0 Å². The molecule has 0 aliphatic heterocycles. The van der Waals surface area contributed by atoms with Crippen LogP contribution in [-0.4, -0.2) is 56.2 Å². The van der Waals surface area contributed by atoms with E-state index in [0.29, 0.717) is 37.7 Å². The van der Waals surface area contributed by atoms with Crippen molar-refractivity contribution in [3.63, 3.8) is 0 Å². The van der Waals surface area contributed by atoms with E-state index in [1.165, 1.54) is 69.8 Å². The fourth-order valence-electron chi connectivity index (χ4n) is 9.38. The van der Waals surface area contributed by atoms with Gasteiger partial charge in [0.2, 0.25) is 0 Å². The Morgan fingerprint density at radius 3 is 1.63 bits per heavy atom. The summed E-state index contributed by atoms with van der Waals surface area (Å²) in [5.74, 6) is 5.71. The minimum Gasteiger partial charge on any atom is -0.466 e. The smallest absolute Gasteiger partial charge is 0.310 e. The molecule has 5 unspecified atom stereocenters. The standard InChI is InChI=1S/C47H83NO6/c1-7-9-17-24-38(25-18-10-8-2)31-33-52-44(49)28-21-15-11-13-19-26-39(54-46(51)30-23-32-48(5)6)27-20-14-12-16-22-29-45(50)53-37(4)36(3)47-42-34-40(42)41-35-43(41)47/h38-43,47H,7-35H2,1-6H3/b37-36+. The van der Waals surface area contributed by atoms with E-state index in [0.717, 1.165) is 126 Å². The maximum absolute atomic E-state index is 12.6. The number of rotatable bonds is 34. The number of hydrogen-bond acceptors (Lipinski definition) is 7. The zero-order valence-electron chi connectivity index (χ0n) is 35.9. The largest absolute Gasteiger partial charge is 0.466 e. The summed E-state index contributed by atoms with van der Waals surface area (Å²) >= 11 is 0. The number of esters is 3. The van der Waals surface area contributed by atoms with Crippen molar-refractivity contribution in [1.29, 1.82) is 0 Å². The Bertz CT molecular complexity index is 1080. The van der Waals surface area contributed by atoms with E-state index in [1.54, 1.807) is 0 Å². The quantitative estimate of drug-likeness (QED) is 0.0280. The third-order valence-electron chi connectivity index (χ3n) is 12.9. The van der Waals surface area contributed by atoms with Crippen LogP contribution in [-0.2, 0) is 28.6 Å². The first-order chi connectivity index (χ1) is 26.1. The molecule has 5 atom stereocenters. The maximum atomic E-state index is 12.6. The molecule has 312 valence electrons. The van der Waals surface area contributed by atoms with Crippen LogP contribution >= 0.6 is 0 Å². The van der Waals surface area contributed by atoms with E-state index >= 15 is 0 Å². The molecule has 3 aliphatic rings. The summed E-state index contributed by atoms with van der Waals surface area (Å²) in [5.41, 5.74) is 1.33. The van der Waals surface area contributed by atoms with Gasteiger partial charge < -0.3 is 19.1 Å². The van der Waals surface area contributed by atoms with Crippen molar-refractivity contribution in [2.45, 2.75) is 207 Å². The Kier molecular flexibility index (Phi) is 23.1. The lowest BCUT2D eigenvalue weighted by Gasteiger charge is -2.18. The van der Waals surface area contributed by atoms with Crippen LogP contribution in [0.3, 0.4) is 0 Å². The van der Waals surface area contributed by atoms with Gasteiger partial charge in [-0.1, -0.05) is 104 Å². The first-order valence-corrected chi connectivity index (χ1v) is 23.0. The summed E-state index contributed by atoms with van der Waals surface area (Å²) in [7, 11) is 4.06. The molecule has 3 fully saturated rings. The van der Waals surface area contributed by atoms with Gasteiger partial charge in [-0.3, -0.25) is 14.4 Å². The van der Waals surface area contributed by atoms with Crippen LogP contribution in [0.5, 0.6) is 0 Å². The second kappa shape index (κ2) is 26.9. The van der Waals surface area contributed by atoms with Crippen LogP contribution in [0.1, 0.15) is 201 Å². The minimum atomic E-state index is -0.0830. The van der Waals surface area contributed by atoms with E-state index in [1.807, 2.05) is 21.0 Å². The first-order valence-electron chi connectivity index (χ1n) is 23.0. The molecule has 54 heavy (non-hydrogen) atoms. The molecule has 0 aromatic heterocycles. The predicted molar refractivity (Wildman–Crippen MR) is 221 cm³/mol. The average molecular weight is 758 g/mol. The van der Waals surface area contributed by atoms with Gasteiger partial charge in [-0.15, -0.1) is 0 Å². The van der Waals surface area contributed by atoms with E-state index in [4.69, 9.17) is 14.2 Å². The number of unbranched alkanes of at least 4 members (excludes halogenated alkanes) is 12. The lowest BCUT2D eigenvalue weighted by molar-refractivity contribution is -0.150. The Morgan fingerprint density at radius 2 is 1.07 bits per heavy atom. The number of fused-ring (bicyclic) bond motifs is 3. The number of allylic oxidation sites excluding steroid dienone is 2. The van der Waals surface area contributed by atoms with E-state index in [2.05, 4.69) is 25.7 Å².